The highest BCUT2D eigenvalue weighted by Gasteiger charge is 2.16. The van der Waals surface area contributed by atoms with Crippen LogP contribution in [0.25, 0.3) is 0 Å². The minimum absolute atomic E-state index is 0.349. The van der Waals surface area contributed by atoms with Gasteiger partial charge in [0.05, 0.1) is 0 Å². The van der Waals surface area contributed by atoms with Crippen molar-refractivity contribution in [2.75, 3.05) is 19.5 Å². The quantitative estimate of drug-likeness (QED) is 0.385. The summed E-state index contributed by atoms with van der Waals surface area (Å²) in [6.45, 7) is 4.35. The van der Waals surface area contributed by atoms with Gasteiger partial charge in [0.15, 0.2) is 0 Å². The Hall–Kier alpha value is -2.74. The van der Waals surface area contributed by atoms with Crippen molar-refractivity contribution in [1.82, 2.24) is 10.2 Å². The number of benzene rings is 1. The molecule has 1 rings (SSSR count). The van der Waals surface area contributed by atoms with Crippen molar-refractivity contribution in [3.05, 3.63) is 29.8 Å². The fourth-order valence-electron chi connectivity index (χ4n) is 1.39. The molecule has 2 amide bonds. The topological polar surface area (TPSA) is 122 Å². The van der Waals surface area contributed by atoms with E-state index in [1.807, 2.05) is 37.8 Å². The van der Waals surface area contributed by atoms with Gasteiger partial charge >= 0.3 is 11.8 Å². The number of hydrogen-bond donors (Lipinski definition) is 3. The summed E-state index contributed by atoms with van der Waals surface area (Å²) in [4.78, 5) is 40.0. The first kappa shape index (κ1) is 20.6. The van der Waals surface area contributed by atoms with Crippen LogP contribution in [0.5, 0.6) is 0 Å². The maximum Gasteiger partial charge on any atom is 0.311 e. The molecule has 8 heteroatoms. The van der Waals surface area contributed by atoms with Crippen LogP contribution in [-0.2, 0) is 25.7 Å². The zero-order chi connectivity index (χ0) is 16.8. The Balaban J connectivity index is 0. The number of nitrogens with one attached hydrogen (secondary N) is 2. The average molecular weight is 296 g/mol. The molecule has 0 aliphatic carbocycles. The van der Waals surface area contributed by atoms with Crippen molar-refractivity contribution < 1.29 is 19.2 Å². The van der Waals surface area contributed by atoms with E-state index in [0.717, 1.165) is 11.3 Å². The third kappa shape index (κ3) is 7.43. The molecule has 0 aromatic heterocycles. The highest BCUT2D eigenvalue weighted by Crippen LogP contribution is 2.10. The summed E-state index contributed by atoms with van der Waals surface area (Å²) in [5.41, 5.74) is 4.16. The molecule has 1 aromatic carbocycles. The van der Waals surface area contributed by atoms with Crippen LogP contribution in [0, 0.1) is 0 Å². The molecule has 0 bridgehead atoms. The van der Waals surface area contributed by atoms with Crippen LogP contribution >= 0.6 is 0 Å². The van der Waals surface area contributed by atoms with E-state index in [-0.39, 0.29) is 0 Å². The van der Waals surface area contributed by atoms with Crippen molar-refractivity contribution >= 4 is 31.1 Å². The molecule has 0 spiro atoms. The minimum Gasteiger partial charge on any atom is -0.351 e. The van der Waals surface area contributed by atoms with Gasteiger partial charge < -0.3 is 25.2 Å². The van der Waals surface area contributed by atoms with Gasteiger partial charge in [-0.15, -0.1) is 0 Å². The number of hydrazine groups is 1. The van der Waals surface area contributed by atoms with Crippen molar-refractivity contribution in [3.8, 4) is 0 Å². The summed E-state index contributed by atoms with van der Waals surface area (Å²) in [6.07, 6.45) is 0. The molecule has 0 aliphatic heterocycles. The molecule has 0 atom stereocenters. The van der Waals surface area contributed by atoms with Crippen molar-refractivity contribution in [3.63, 3.8) is 0 Å². The molecule has 8 nitrogen and oxygen atoms in total. The predicted molar refractivity (Wildman–Crippen MR) is 79.0 cm³/mol. The van der Waals surface area contributed by atoms with Crippen LogP contribution < -0.4 is 16.6 Å². The molecule has 1 aromatic rings. The predicted octanol–water partition coefficient (Wildman–Crippen LogP) is -0.693. The van der Waals surface area contributed by atoms with E-state index in [4.69, 9.17) is 15.4 Å². The van der Waals surface area contributed by atoms with Gasteiger partial charge in [0.1, 0.15) is 13.6 Å². The van der Waals surface area contributed by atoms with Crippen LogP contribution in [-0.4, -0.2) is 44.4 Å². The Labute approximate surface area is 123 Å². The lowest BCUT2D eigenvalue weighted by atomic mass is 10.2. The Morgan fingerprint density at radius 3 is 2.29 bits per heavy atom. The zero-order valence-corrected chi connectivity index (χ0v) is 12.1. The Morgan fingerprint density at radius 2 is 1.81 bits per heavy atom. The summed E-state index contributed by atoms with van der Waals surface area (Å²) < 4.78 is 0. The fraction of sp³-hybridized carbons (Fsp3) is 0.231. The van der Waals surface area contributed by atoms with Crippen LogP contribution in [0.15, 0.2) is 24.3 Å². The average Bonchev–Trinajstić information content (AvgIpc) is 2.57. The standard InChI is InChI=1S/C11H16N4O2.2CH2O/c1-13-10(16)11(17)15(2)7-8-4-3-5-9(6-8)14-12;2*1-2/h3-6,14H,7,12H2,1-2H3,(H,13,16);2*1H2. The Morgan fingerprint density at radius 1 is 1.24 bits per heavy atom. The number of nitrogen functional groups attached to an aromatic ring is 1. The number of nitrogens with two attached hydrogens (primary N) is 1. The van der Waals surface area contributed by atoms with E-state index >= 15 is 0 Å². The third-order valence-electron chi connectivity index (χ3n) is 2.28. The lowest BCUT2D eigenvalue weighted by Gasteiger charge is -2.16. The van der Waals surface area contributed by atoms with E-state index in [2.05, 4.69) is 10.7 Å². The van der Waals surface area contributed by atoms with E-state index < -0.39 is 11.8 Å². The number of amides is 2. The number of hydrogen-bond acceptors (Lipinski definition) is 6. The van der Waals surface area contributed by atoms with Gasteiger partial charge in [0.2, 0.25) is 0 Å². The summed E-state index contributed by atoms with van der Waals surface area (Å²) in [6, 6.07) is 7.30. The monoisotopic (exact) mass is 296 g/mol. The molecule has 4 N–H and O–H groups in total. The fourth-order valence-corrected chi connectivity index (χ4v) is 1.39. The number of likely N-dealkylation sites (N-methyl/N-ethyl adjacent to an activating group) is 2. The van der Waals surface area contributed by atoms with Gasteiger partial charge in [-0.25, -0.2) is 0 Å². The molecular weight excluding hydrogens is 276 g/mol. The first-order valence-corrected chi connectivity index (χ1v) is 5.69. The van der Waals surface area contributed by atoms with E-state index in [1.165, 1.54) is 11.9 Å². The molecule has 0 fully saturated rings. The molecule has 0 saturated heterocycles. The number of rotatable bonds is 3. The van der Waals surface area contributed by atoms with Crippen LogP contribution in [0.4, 0.5) is 5.69 Å². The van der Waals surface area contributed by atoms with Gasteiger partial charge in [0.25, 0.3) is 0 Å². The highest BCUT2D eigenvalue weighted by atomic mass is 16.2. The molecule has 0 radical (unpaired) electrons. The lowest BCUT2D eigenvalue weighted by Crippen LogP contribution is -2.39. The Bertz CT molecular complexity index is 452. The van der Waals surface area contributed by atoms with E-state index in [1.54, 1.807) is 7.05 Å². The Kier molecular flexibility index (Phi) is 12.1. The first-order valence-electron chi connectivity index (χ1n) is 5.69. The number of anilines is 1. The lowest BCUT2D eigenvalue weighted by molar-refractivity contribution is -0.145. The largest absolute Gasteiger partial charge is 0.351 e. The summed E-state index contributed by atoms with van der Waals surface area (Å²) in [5, 5.41) is 2.29. The third-order valence-corrected chi connectivity index (χ3v) is 2.28. The second kappa shape index (κ2) is 12.3. The maximum atomic E-state index is 11.5. The molecular formula is C13H20N4O4. The van der Waals surface area contributed by atoms with E-state index in [9.17, 15) is 9.59 Å². The van der Waals surface area contributed by atoms with E-state index in [0.29, 0.717) is 6.54 Å². The van der Waals surface area contributed by atoms with Crippen LogP contribution in [0.2, 0.25) is 0 Å². The summed E-state index contributed by atoms with van der Waals surface area (Å²) in [7, 11) is 2.99. The summed E-state index contributed by atoms with van der Waals surface area (Å²) >= 11 is 0. The number of nitrogens with zero attached hydrogens (tertiary/aromatic N) is 1. The van der Waals surface area contributed by atoms with Crippen molar-refractivity contribution in [2.24, 2.45) is 5.84 Å². The first-order chi connectivity index (χ1) is 10.1. The van der Waals surface area contributed by atoms with Crippen molar-refractivity contribution in [2.45, 2.75) is 6.54 Å². The second-order valence-electron chi connectivity index (χ2n) is 3.59. The maximum absolute atomic E-state index is 11.5. The smallest absolute Gasteiger partial charge is 0.311 e. The number of carbonyl (C=O) groups excluding carboxylic acids is 4. The zero-order valence-electron chi connectivity index (χ0n) is 12.1. The SMILES string of the molecule is C=O.C=O.CNC(=O)C(=O)N(C)Cc1cccc(NN)c1. The van der Waals surface area contributed by atoms with Gasteiger partial charge in [-0.1, -0.05) is 12.1 Å². The van der Waals surface area contributed by atoms with Crippen LogP contribution in [0.3, 0.4) is 0 Å². The number of carbonyl (C=O) groups is 4. The molecule has 0 aliphatic rings. The van der Waals surface area contributed by atoms with Crippen LogP contribution in [0.1, 0.15) is 5.56 Å². The molecule has 0 heterocycles. The minimum atomic E-state index is -0.624. The molecule has 0 unspecified atom stereocenters. The normalized spacial score (nSPS) is 8.14. The summed E-state index contributed by atoms with van der Waals surface area (Å²) in [5.74, 6) is 4.09. The molecule has 21 heavy (non-hydrogen) atoms. The van der Waals surface area contributed by atoms with Gasteiger partial charge in [-0.3, -0.25) is 15.4 Å². The van der Waals surface area contributed by atoms with Crippen molar-refractivity contribution in [1.29, 1.82) is 0 Å². The molecule has 0 saturated carbocycles. The van der Waals surface area contributed by atoms with Gasteiger partial charge in [-0.2, -0.15) is 0 Å². The molecule has 116 valence electrons. The second-order valence-corrected chi connectivity index (χ2v) is 3.59. The van der Waals surface area contributed by atoms with Gasteiger partial charge in [-0.05, 0) is 17.7 Å². The highest BCUT2D eigenvalue weighted by molar-refractivity contribution is 6.34. The van der Waals surface area contributed by atoms with Gasteiger partial charge in [0, 0.05) is 26.3 Å².